The number of hydrogen-bond acceptors (Lipinski definition) is 3. The zero-order chi connectivity index (χ0) is 10.4. The first-order valence-electron chi connectivity index (χ1n) is 4.94. The van der Waals surface area contributed by atoms with Gasteiger partial charge in [0.25, 0.3) is 0 Å². The average molecular weight is 222 g/mol. The average Bonchev–Trinajstić information content (AvgIpc) is 2.03. The van der Waals surface area contributed by atoms with Crippen LogP contribution in [-0.2, 0) is 3.63 Å². The minimum absolute atomic E-state index is 0.576. The molecule has 0 rings (SSSR count). The van der Waals surface area contributed by atoms with Crippen LogP contribution in [0.25, 0.3) is 0 Å². The van der Waals surface area contributed by atoms with E-state index in [0.717, 1.165) is 0 Å². The molecule has 0 saturated heterocycles. The van der Waals surface area contributed by atoms with Crippen LogP contribution in [0.5, 0.6) is 0 Å². The molecule has 0 radical (unpaired) electrons. The topological polar surface area (TPSA) is 9.23 Å². The molecule has 0 amide bonds. The summed E-state index contributed by atoms with van der Waals surface area (Å²) in [4.78, 5) is 0. The fourth-order valence-corrected chi connectivity index (χ4v) is 1.99. The predicted molar refractivity (Wildman–Crippen MR) is 64.9 cm³/mol. The van der Waals surface area contributed by atoms with Crippen molar-refractivity contribution < 1.29 is 3.63 Å². The van der Waals surface area contributed by atoms with Gasteiger partial charge in [-0.2, -0.15) is 0 Å². The maximum absolute atomic E-state index is 5.51. The fraction of sp³-hybridized carbons (Fsp3) is 1.00. The molecule has 0 aromatic rings. The summed E-state index contributed by atoms with van der Waals surface area (Å²) in [6.07, 6.45) is 0. The molecule has 13 heavy (non-hydrogen) atoms. The first-order chi connectivity index (χ1) is 5.95. The van der Waals surface area contributed by atoms with Crippen molar-refractivity contribution in [2.24, 2.45) is 11.8 Å². The van der Waals surface area contributed by atoms with Crippen LogP contribution < -0.4 is 0 Å². The van der Waals surface area contributed by atoms with E-state index in [1.807, 2.05) is 0 Å². The largest absolute Gasteiger partial charge is 0.247 e. The van der Waals surface area contributed by atoms with E-state index in [1.165, 1.54) is 0 Å². The SMILES string of the molecule is CC(C)C(C)SOSC(C)C(C)C. The molecule has 0 aromatic carbocycles. The molecule has 0 aliphatic rings. The van der Waals surface area contributed by atoms with Crippen LogP contribution in [0, 0.1) is 11.8 Å². The van der Waals surface area contributed by atoms with Gasteiger partial charge in [0.05, 0.1) is 0 Å². The van der Waals surface area contributed by atoms with Crippen molar-refractivity contribution in [2.45, 2.75) is 52.0 Å². The molecule has 2 atom stereocenters. The van der Waals surface area contributed by atoms with Gasteiger partial charge in [-0.15, -0.1) is 0 Å². The van der Waals surface area contributed by atoms with E-state index in [2.05, 4.69) is 41.5 Å². The summed E-state index contributed by atoms with van der Waals surface area (Å²) >= 11 is 3.19. The van der Waals surface area contributed by atoms with Crippen LogP contribution in [0.4, 0.5) is 0 Å². The molecule has 0 bridgehead atoms. The van der Waals surface area contributed by atoms with Crippen molar-refractivity contribution in [2.75, 3.05) is 0 Å². The van der Waals surface area contributed by atoms with Crippen LogP contribution >= 0.6 is 24.1 Å². The van der Waals surface area contributed by atoms with Crippen molar-refractivity contribution in [3.8, 4) is 0 Å². The Bertz CT molecular complexity index is 112. The van der Waals surface area contributed by atoms with Gasteiger partial charge < -0.3 is 0 Å². The standard InChI is InChI=1S/C10H22OS2/c1-7(2)9(5)12-11-13-10(6)8(3)4/h7-10H,1-6H3. The van der Waals surface area contributed by atoms with Crippen LogP contribution in [0.15, 0.2) is 0 Å². The highest BCUT2D eigenvalue weighted by Crippen LogP contribution is 2.29. The van der Waals surface area contributed by atoms with E-state index in [0.29, 0.717) is 22.3 Å². The Labute approximate surface area is 91.8 Å². The van der Waals surface area contributed by atoms with E-state index in [1.54, 1.807) is 24.1 Å². The van der Waals surface area contributed by atoms with E-state index in [-0.39, 0.29) is 0 Å². The summed E-state index contributed by atoms with van der Waals surface area (Å²) in [6.45, 7) is 13.3. The van der Waals surface area contributed by atoms with Gasteiger partial charge in [-0.3, -0.25) is 0 Å². The van der Waals surface area contributed by atoms with Crippen LogP contribution in [0.3, 0.4) is 0 Å². The highest BCUT2D eigenvalue weighted by Gasteiger charge is 2.12. The molecule has 0 spiro atoms. The monoisotopic (exact) mass is 222 g/mol. The van der Waals surface area contributed by atoms with Crippen molar-refractivity contribution >= 4 is 24.1 Å². The number of hydrogen-bond donors (Lipinski definition) is 0. The maximum atomic E-state index is 5.51. The van der Waals surface area contributed by atoms with Crippen LogP contribution in [0.1, 0.15) is 41.5 Å². The molecule has 3 heteroatoms. The Hall–Kier alpha value is 0.660. The molecule has 0 saturated carbocycles. The van der Waals surface area contributed by atoms with Gasteiger partial charge in [-0.25, -0.2) is 3.63 Å². The zero-order valence-corrected chi connectivity index (χ0v) is 11.2. The van der Waals surface area contributed by atoms with Crippen LogP contribution in [0.2, 0.25) is 0 Å². The summed E-state index contributed by atoms with van der Waals surface area (Å²) in [7, 11) is 0. The zero-order valence-electron chi connectivity index (χ0n) is 9.53. The molecular formula is C10H22OS2. The third kappa shape index (κ3) is 6.69. The first kappa shape index (κ1) is 13.7. The molecule has 0 aromatic heterocycles. The Balaban J connectivity index is 3.45. The lowest BCUT2D eigenvalue weighted by Crippen LogP contribution is -2.08. The van der Waals surface area contributed by atoms with Gasteiger partial charge in [0.1, 0.15) is 0 Å². The molecule has 0 N–H and O–H groups in total. The Morgan fingerprint density at radius 1 is 0.692 bits per heavy atom. The van der Waals surface area contributed by atoms with Gasteiger partial charge in [0.15, 0.2) is 0 Å². The second-order valence-electron chi connectivity index (χ2n) is 4.16. The smallest absolute Gasteiger partial charge is 0.0318 e. The van der Waals surface area contributed by atoms with Gasteiger partial charge in [-0.05, 0) is 11.8 Å². The van der Waals surface area contributed by atoms with Gasteiger partial charge >= 0.3 is 0 Å². The van der Waals surface area contributed by atoms with Crippen LogP contribution in [-0.4, -0.2) is 10.5 Å². The second-order valence-corrected chi connectivity index (χ2v) is 6.58. The second kappa shape index (κ2) is 7.02. The van der Waals surface area contributed by atoms with E-state index in [4.69, 9.17) is 3.63 Å². The lowest BCUT2D eigenvalue weighted by atomic mass is 10.2. The van der Waals surface area contributed by atoms with Crippen molar-refractivity contribution in [1.82, 2.24) is 0 Å². The lowest BCUT2D eigenvalue weighted by Gasteiger charge is -2.17. The summed E-state index contributed by atoms with van der Waals surface area (Å²) < 4.78 is 5.51. The summed E-state index contributed by atoms with van der Waals surface area (Å²) in [5.41, 5.74) is 0. The van der Waals surface area contributed by atoms with Crippen molar-refractivity contribution in [3.05, 3.63) is 0 Å². The van der Waals surface area contributed by atoms with E-state index in [9.17, 15) is 0 Å². The van der Waals surface area contributed by atoms with E-state index < -0.39 is 0 Å². The minimum Gasteiger partial charge on any atom is -0.247 e. The molecule has 1 nitrogen and oxygen atoms in total. The molecule has 80 valence electrons. The highest BCUT2D eigenvalue weighted by atomic mass is 32.2. The number of rotatable bonds is 6. The molecule has 0 aliphatic carbocycles. The Morgan fingerprint density at radius 3 is 1.23 bits per heavy atom. The summed E-state index contributed by atoms with van der Waals surface area (Å²) in [5, 5.41) is 1.15. The van der Waals surface area contributed by atoms with Gasteiger partial charge in [-0.1, -0.05) is 41.5 Å². The molecule has 2 unspecified atom stereocenters. The fourth-order valence-electron chi connectivity index (χ4n) is 0.369. The third-order valence-corrected chi connectivity index (χ3v) is 4.58. The van der Waals surface area contributed by atoms with E-state index >= 15 is 0 Å². The summed E-state index contributed by atoms with van der Waals surface area (Å²) in [5.74, 6) is 1.36. The van der Waals surface area contributed by atoms with Gasteiger partial charge in [0.2, 0.25) is 0 Å². The normalized spacial score (nSPS) is 16.6. The summed E-state index contributed by atoms with van der Waals surface area (Å²) in [6, 6.07) is 0. The van der Waals surface area contributed by atoms with Crippen molar-refractivity contribution in [1.29, 1.82) is 0 Å². The van der Waals surface area contributed by atoms with Crippen molar-refractivity contribution in [3.63, 3.8) is 0 Å². The molecule has 0 fully saturated rings. The lowest BCUT2D eigenvalue weighted by molar-refractivity contribution is 0.597. The highest BCUT2D eigenvalue weighted by molar-refractivity contribution is 8.08. The molecule has 0 aliphatic heterocycles. The minimum atomic E-state index is 0.576. The maximum Gasteiger partial charge on any atom is 0.0318 e. The first-order valence-corrected chi connectivity index (χ1v) is 6.54. The Morgan fingerprint density at radius 2 is 1.00 bits per heavy atom. The van der Waals surface area contributed by atoms with Gasteiger partial charge in [0, 0.05) is 34.6 Å². The third-order valence-electron chi connectivity index (χ3n) is 2.26. The predicted octanol–water partition coefficient (Wildman–Crippen LogP) is 4.39. The molecular weight excluding hydrogens is 200 g/mol. The molecule has 0 heterocycles. The quantitative estimate of drug-likeness (QED) is 0.617. The Kier molecular flexibility index (Phi) is 7.37.